The maximum Gasteiger partial charge on any atom is 0.223 e. The normalized spacial score (nSPS) is 16.5. The average molecular weight is 246 g/mol. The Morgan fingerprint density at radius 1 is 1.60 bits per heavy atom. The molecule has 0 unspecified atom stereocenters. The molecule has 1 aliphatic heterocycles. The fourth-order valence-electron chi connectivity index (χ4n) is 1.53. The number of hydrogen-bond acceptors (Lipinski definition) is 3. The Morgan fingerprint density at radius 3 is 2.87 bits per heavy atom. The van der Waals surface area contributed by atoms with Crippen LogP contribution in [0.3, 0.4) is 0 Å². The van der Waals surface area contributed by atoms with Crippen molar-refractivity contribution in [3.63, 3.8) is 0 Å². The monoisotopic (exact) mass is 245 g/mol. The lowest BCUT2D eigenvalue weighted by Gasteiger charge is -2.35. The molecule has 3 nitrogen and oxygen atoms in total. The molecule has 0 radical (unpaired) electrons. The van der Waals surface area contributed by atoms with Gasteiger partial charge in [0.2, 0.25) is 5.91 Å². The predicted molar refractivity (Wildman–Crippen MR) is 60.2 cm³/mol. The zero-order chi connectivity index (χ0) is 10.8. The summed E-state index contributed by atoms with van der Waals surface area (Å²) in [4.78, 5) is 14.4. The number of aliphatic hydroxyl groups excluding tert-OH is 1. The highest BCUT2D eigenvalue weighted by Crippen LogP contribution is 2.23. The third-order valence-corrected chi connectivity index (χ3v) is 3.72. The van der Waals surface area contributed by atoms with Gasteiger partial charge >= 0.3 is 0 Å². The van der Waals surface area contributed by atoms with E-state index in [2.05, 4.69) is 0 Å². The molecule has 1 aromatic heterocycles. The number of carbonyl (C=O) groups excluding carboxylic acids is 1. The van der Waals surface area contributed by atoms with Crippen LogP contribution in [0.4, 0.5) is 0 Å². The molecule has 0 aromatic carbocycles. The van der Waals surface area contributed by atoms with Gasteiger partial charge in [-0.3, -0.25) is 4.79 Å². The van der Waals surface area contributed by atoms with Gasteiger partial charge in [0.25, 0.3) is 0 Å². The fraction of sp³-hybridized carbons (Fsp3) is 0.500. The van der Waals surface area contributed by atoms with Gasteiger partial charge < -0.3 is 10.0 Å². The minimum absolute atomic E-state index is 0.116. The van der Waals surface area contributed by atoms with Crippen molar-refractivity contribution in [3.05, 3.63) is 21.3 Å². The molecule has 82 valence electrons. The van der Waals surface area contributed by atoms with Crippen LogP contribution < -0.4 is 0 Å². The number of aliphatic hydroxyl groups is 1. The molecule has 0 bridgehead atoms. The second-order valence-corrected chi connectivity index (χ2v) is 5.46. The smallest absolute Gasteiger partial charge is 0.223 e. The van der Waals surface area contributed by atoms with Crippen molar-refractivity contribution in [3.8, 4) is 0 Å². The first-order valence-electron chi connectivity index (χ1n) is 4.85. The lowest BCUT2D eigenvalue weighted by molar-refractivity contribution is -0.141. The van der Waals surface area contributed by atoms with Crippen molar-refractivity contribution in [2.75, 3.05) is 13.1 Å². The maximum absolute atomic E-state index is 11.5. The van der Waals surface area contributed by atoms with Crippen molar-refractivity contribution in [1.29, 1.82) is 0 Å². The van der Waals surface area contributed by atoms with E-state index in [0.717, 1.165) is 15.6 Å². The number of hydrogen-bond donors (Lipinski definition) is 1. The Hall–Kier alpha value is -0.580. The summed E-state index contributed by atoms with van der Waals surface area (Å²) >= 11 is 7.30. The molecule has 1 saturated heterocycles. The van der Waals surface area contributed by atoms with Gasteiger partial charge in [-0.05, 0) is 18.6 Å². The molecule has 2 heterocycles. The molecular formula is C10H12ClNO2S. The topological polar surface area (TPSA) is 40.5 Å². The summed E-state index contributed by atoms with van der Waals surface area (Å²) in [7, 11) is 0. The van der Waals surface area contributed by atoms with E-state index in [1.54, 1.807) is 4.90 Å². The molecule has 0 aliphatic carbocycles. The van der Waals surface area contributed by atoms with Crippen LogP contribution in [-0.2, 0) is 11.2 Å². The molecule has 5 heteroatoms. The number of likely N-dealkylation sites (tertiary alicyclic amines) is 1. The predicted octanol–water partition coefficient (Wildman–Crippen LogP) is 1.54. The van der Waals surface area contributed by atoms with Gasteiger partial charge in [0.1, 0.15) is 0 Å². The van der Waals surface area contributed by atoms with Crippen LogP contribution in [0, 0.1) is 0 Å². The number of halogens is 1. The summed E-state index contributed by atoms with van der Waals surface area (Å²) in [6, 6.07) is 3.80. The molecule has 1 aliphatic rings. The number of rotatable bonds is 3. The summed E-state index contributed by atoms with van der Waals surface area (Å²) in [6.07, 6.45) is 0.928. The van der Waals surface area contributed by atoms with Crippen LogP contribution in [0.15, 0.2) is 12.1 Å². The van der Waals surface area contributed by atoms with E-state index in [1.165, 1.54) is 11.3 Å². The van der Waals surface area contributed by atoms with Gasteiger partial charge in [-0.2, -0.15) is 0 Å². The minimum Gasteiger partial charge on any atom is -0.389 e. The van der Waals surface area contributed by atoms with Crippen molar-refractivity contribution in [2.24, 2.45) is 0 Å². The van der Waals surface area contributed by atoms with Crippen LogP contribution in [0.2, 0.25) is 4.34 Å². The first kappa shape index (κ1) is 10.9. The maximum atomic E-state index is 11.5. The highest BCUT2D eigenvalue weighted by atomic mass is 35.5. The van der Waals surface area contributed by atoms with Crippen molar-refractivity contribution >= 4 is 28.8 Å². The Kier molecular flexibility index (Phi) is 3.29. The number of amides is 1. The van der Waals surface area contributed by atoms with E-state index in [0.29, 0.717) is 19.5 Å². The van der Waals surface area contributed by atoms with E-state index < -0.39 is 0 Å². The Morgan fingerprint density at radius 2 is 2.33 bits per heavy atom. The van der Waals surface area contributed by atoms with E-state index >= 15 is 0 Å². The Bertz CT molecular complexity index is 360. The van der Waals surface area contributed by atoms with E-state index in [4.69, 9.17) is 16.7 Å². The van der Waals surface area contributed by atoms with Crippen LogP contribution in [0.5, 0.6) is 0 Å². The number of nitrogens with zero attached hydrogens (tertiary/aromatic N) is 1. The number of carbonyl (C=O) groups is 1. The Labute approximate surface area is 97.3 Å². The van der Waals surface area contributed by atoms with E-state index in [9.17, 15) is 4.79 Å². The third-order valence-electron chi connectivity index (χ3n) is 2.43. The molecule has 0 saturated carbocycles. The van der Waals surface area contributed by atoms with Crippen LogP contribution in [0.25, 0.3) is 0 Å². The average Bonchev–Trinajstić information content (AvgIpc) is 2.56. The fourth-order valence-corrected chi connectivity index (χ4v) is 2.62. The second-order valence-electron chi connectivity index (χ2n) is 3.66. The molecule has 0 spiro atoms. The first-order valence-corrected chi connectivity index (χ1v) is 6.04. The standard InChI is InChI=1S/C10H12ClNO2S/c11-9-3-1-8(15-9)2-4-10(14)12-5-7(13)6-12/h1,3,7,13H,2,4-6H2. The molecule has 1 fully saturated rings. The highest BCUT2D eigenvalue weighted by Gasteiger charge is 2.28. The van der Waals surface area contributed by atoms with Crippen LogP contribution >= 0.6 is 22.9 Å². The molecular weight excluding hydrogens is 234 g/mol. The molecule has 2 rings (SSSR count). The van der Waals surface area contributed by atoms with Crippen molar-refractivity contribution < 1.29 is 9.90 Å². The zero-order valence-electron chi connectivity index (χ0n) is 8.15. The van der Waals surface area contributed by atoms with Gasteiger partial charge in [-0.15, -0.1) is 11.3 Å². The van der Waals surface area contributed by atoms with Crippen molar-refractivity contribution in [2.45, 2.75) is 18.9 Å². The number of aryl methyl sites for hydroxylation is 1. The largest absolute Gasteiger partial charge is 0.389 e. The SMILES string of the molecule is O=C(CCc1ccc(Cl)s1)N1CC(O)C1. The molecule has 1 aromatic rings. The molecule has 15 heavy (non-hydrogen) atoms. The minimum atomic E-state index is -0.315. The van der Waals surface area contributed by atoms with Gasteiger partial charge in [0, 0.05) is 24.4 Å². The quantitative estimate of drug-likeness (QED) is 0.878. The van der Waals surface area contributed by atoms with E-state index in [-0.39, 0.29) is 12.0 Å². The van der Waals surface area contributed by atoms with E-state index in [1.807, 2.05) is 12.1 Å². The van der Waals surface area contributed by atoms with Gasteiger partial charge in [-0.25, -0.2) is 0 Å². The lowest BCUT2D eigenvalue weighted by atomic mass is 10.1. The summed E-state index contributed by atoms with van der Waals surface area (Å²) in [6.45, 7) is 0.980. The summed E-state index contributed by atoms with van der Waals surface area (Å²) in [5, 5.41) is 9.05. The highest BCUT2D eigenvalue weighted by molar-refractivity contribution is 7.16. The van der Waals surface area contributed by atoms with Crippen LogP contribution in [0.1, 0.15) is 11.3 Å². The third kappa shape index (κ3) is 2.71. The second kappa shape index (κ2) is 4.51. The number of thiophene rings is 1. The number of β-amino-alcohol motifs (C(OH)–C–C–N with tert-alkyl or cyclic N) is 1. The van der Waals surface area contributed by atoms with Crippen LogP contribution in [-0.4, -0.2) is 35.1 Å². The Balaban J connectivity index is 1.76. The van der Waals surface area contributed by atoms with Gasteiger partial charge in [-0.1, -0.05) is 11.6 Å². The molecule has 1 amide bonds. The summed E-state index contributed by atoms with van der Waals surface area (Å²) in [5.74, 6) is 0.116. The summed E-state index contributed by atoms with van der Waals surface area (Å²) < 4.78 is 0.761. The van der Waals surface area contributed by atoms with Gasteiger partial charge in [0.05, 0.1) is 10.4 Å². The first-order chi connectivity index (χ1) is 7.15. The van der Waals surface area contributed by atoms with Crippen molar-refractivity contribution in [1.82, 2.24) is 4.90 Å². The molecule has 0 atom stereocenters. The zero-order valence-corrected chi connectivity index (χ0v) is 9.72. The lowest BCUT2D eigenvalue weighted by Crippen LogP contribution is -2.53. The molecule has 1 N–H and O–H groups in total. The summed E-state index contributed by atoms with van der Waals surface area (Å²) in [5.41, 5.74) is 0. The van der Waals surface area contributed by atoms with Gasteiger partial charge in [0.15, 0.2) is 0 Å².